The summed E-state index contributed by atoms with van der Waals surface area (Å²) in [6, 6.07) is 20.7. The number of piperazine rings is 1. The first-order valence-electron chi connectivity index (χ1n) is 13.0. The lowest BCUT2D eigenvalue weighted by atomic mass is 9.91. The van der Waals surface area contributed by atoms with Crippen LogP contribution in [-0.2, 0) is 11.3 Å². The van der Waals surface area contributed by atoms with Crippen LogP contribution in [0.25, 0.3) is 11.2 Å². The minimum absolute atomic E-state index is 0.0211. The number of carbonyl (C=O) groups excluding carboxylic acids is 1. The Morgan fingerprint density at radius 2 is 1.62 bits per heavy atom. The van der Waals surface area contributed by atoms with Crippen LogP contribution in [0.2, 0.25) is 0 Å². The van der Waals surface area contributed by atoms with Crippen LogP contribution in [0.5, 0.6) is 0 Å². The van der Waals surface area contributed by atoms with Crippen molar-refractivity contribution in [1.29, 1.82) is 5.41 Å². The number of amides is 1. The SMILES string of the molecule is CC(=O)N1CCN(C(c2ccccc2)C(c2ccccc2)n2cc(Cn3cnc(=N)c4[nH]cnc43)nn2)CC1. The molecule has 3 aromatic heterocycles. The van der Waals surface area contributed by atoms with Crippen LogP contribution in [-0.4, -0.2) is 76.4 Å². The molecule has 2 N–H and O–H groups in total. The minimum atomic E-state index is -0.150. The number of hydrogen-bond donors (Lipinski definition) is 2. The first-order valence-corrected chi connectivity index (χ1v) is 13.0. The number of benzene rings is 2. The minimum Gasteiger partial charge on any atom is -0.340 e. The second-order valence-electron chi connectivity index (χ2n) is 9.77. The summed E-state index contributed by atoms with van der Waals surface area (Å²) in [5.74, 6) is 0.114. The molecule has 0 bridgehead atoms. The van der Waals surface area contributed by atoms with Gasteiger partial charge in [-0.25, -0.2) is 14.6 Å². The van der Waals surface area contributed by atoms with Crippen molar-refractivity contribution in [2.75, 3.05) is 26.2 Å². The Morgan fingerprint density at radius 3 is 2.28 bits per heavy atom. The molecule has 0 aliphatic carbocycles. The first kappa shape index (κ1) is 24.7. The quantitative estimate of drug-likeness (QED) is 0.338. The van der Waals surface area contributed by atoms with Gasteiger partial charge >= 0.3 is 0 Å². The number of carbonyl (C=O) groups is 1. The number of rotatable bonds is 7. The maximum Gasteiger partial charge on any atom is 0.219 e. The number of fused-ring (bicyclic) bond motifs is 1. The second kappa shape index (κ2) is 10.6. The first-order chi connectivity index (χ1) is 19.1. The summed E-state index contributed by atoms with van der Waals surface area (Å²) in [5, 5.41) is 17.2. The van der Waals surface area contributed by atoms with Crippen molar-refractivity contribution in [3.05, 3.63) is 102 Å². The van der Waals surface area contributed by atoms with Crippen LogP contribution < -0.4 is 5.49 Å². The fraction of sp³-hybridized carbons (Fsp3) is 0.286. The molecule has 0 saturated carbocycles. The summed E-state index contributed by atoms with van der Waals surface area (Å²) in [5.41, 5.74) is 4.46. The number of nitrogens with zero attached hydrogens (tertiary/aromatic N) is 8. The molecule has 1 aliphatic heterocycles. The number of aromatic amines is 1. The van der Waals surface area contributed by atoms with Gasteiger partial charge in [0, 0.05) is 33.1 Å². The van der Waals surface area contributed by atoms with Crippen molar-refractivity contribution >= 4 is 17.1 Å². The Morgan fingerprint density at radius 1 is 0.949 bits per heavy atom. The van der Waals surface area contributed by atoms with Gasteiger partial charge in [0.05, 0.1) is 37.5 Å². The van der Waals surface area contributed by atoms with Crippen LogP contribution in [0, 0.1) is 5.41 Å². The van der Waals surface area contributed by atoms with E-state index in [1.807, 2.05) is 44.6 Å². The van der Waals surface area contributed by atoms with E-state index in [-0.39, 0.29) is 23.5 Å². The molecule has 2 atom stereocenters. The summed E-state index contributed by atoms with van der Waals surface area (Å²) in [6.45, 7) is 4.97. The Balaban J connectivity index is 1.39. The van der Waals surface area contributed by atoms with Gasteiger partial charge in [-0.15, -0.1) is 5.10 Å². The third-order valence-electron chi connectivity index (χ3n) is 7.36. The third kappa shape index (κ3) is 4.96. The fourth-order valence-electron chi connectivity index (χ4n) is 5.43. The van der Waals surface area contributed by atoms with E-state index in [0.29, 0.717) is 30.8 Å². The average Bonchev–Trinajstić information content (AvgIpc) is 3.65. The van der Waals surface area contributed by atoms with Crippen LogP contribution in [0.15, 0.2) is 79.5 Å². The predicted molar refractivity (Wildman–Crippen MR) is 144 cm³/mol. The molecule has 1 fully saturated rings. The Kier molecular flexibility index (Phi) is 6.72. The lowest BCUT2D eigenvalue weighted by Crippen LogP contribution is -2.50. The van der Waals surface area contributed by atoms with Crippen LogP contribution >= 0.6 is 0 Å². The molecule has 0 spiro atoms. The molecule has 11 nitrogen and oxygen atoms in total. The van der Waals surface area contributed by atoms with Crippen molar-refractivity contribution in [1.82, 2.24) is 44.3 Å². The second-order valence-corrected chi connectivity index (χ2v) is 9.77. The highest BCUT2D eigenvalue weighted by molar-refractivity contribution is 5.73. The zero-order chi connectivity index (χ0) is 26.8. The van der Waals surface area contributed by atoms with E-state index >= 15 is 0 Å². The highest BCUT2D eigenvalue weighted by Crippen LogP contribution is 2.37. The maximum atomic E-state index is 12.0. The summed E-state index contributed by atoms with van der Waals surface area (Å²) < 4.78 is 3.82. The van der Waals surface area contributed by atoms with E-state index < -0.39 is 0 Å². The summed E-state index contributed by atoms with van der Waals surface area (Å²) in [6.07, 6.45) is 5.17. The molecule has 2 aromatic carbocycles. The van der Waals surface area contributed by atoms with Crippen LogP contribution in [0.3, 0.4) is 0 Å². The predicted octanol–water partition coefficient (Wildman–Crippen LogP) is 2.37. The Hall–Kier alpha value is -4.64. The van der Waals surface area contributed by atoms with Gasteiger partial charge in [0.1, 0.15) is 11.2 Å². The molecular weight excluding hydrogens is 492 g/mol. The smallest absolute Gasteiger partial charge is 0.219 e. The fourth-order valence-corrected chi connectivity index (χ4v) is 5.43. The average molecular weight is 523 g/mol. The third-order valence-corrected chi connectivity index (χ3v) is 7.36. The summed E-state index contributed by atoms with van der Waals surface area (Å²) in [4.78, 5) is 27.9. The zero-order valence-corrected chi connectivity index (χ0v) is 21.7. The molecule has 5 aromatic rings. The topological polar surface area (TPSA) is 125 Å². The van der Waals surface area contributed by atoms with E-state index in [1.54, 1.807) is 19.6 Å². The van der Waals surface area contributed by atoms with E-state index in [4.69, 9.17) is 5.41 Å². The van der Waals surface area contributed by atoms with Gasteiger partial charge in [-0.2, -0.15) is 0 Å². The van der Waals surface area contributed by atoms with Crippen molar-refractivity contribution in [2.24, 2.45) is 0 Å². The maximum absolute atomic E-state index is 12.0. The number of aromatic nitrogens is 7. The van der Waals surface area contributed by atoms with Crippen molar-refractivity contribution in [2.45, 2.75) is 25.6 Å². The normalized spacial score (nSPS) is 15.9. The van der Waals surface area contributed by atoms with Gasteiger partial charge in [-0.3, -0.25) is 15.1 Å². The van der Waals surface area contributed by atoms with E-state index in [1.165, 1.54) is 5.56 Å². The number of hydrogen-bond acceptors (Lipinski definition) is 7. The molecule has 198 valence electrons. The van der Waals surface area contributed by atoms with Gasteiger partial charge in [-0.1, -0.05) is 65.9 Å². The largest absolute Gasteiger partial charge is 0.340 e. The number of nitrogens with one attached hydrogen (secondary N) is 2. The molecule has 1 aliphatic rings. The Labute approximate surface area is 225 Å². The molecule has 6 rings (SSSR count). The van der Waals surface area contributed by atoms with Gasteiger partial charge in [0.2, 0.25) is 5.91 Å². The number of imidazole rings is 1. The van der Waals surface area contributed by atoms with Gasteiger partial charge < -0.3 is 14.5 Å². The molecule has 39 heavy (non-hydrogen) atoms. The molecule has 0 radical (unpaired) electrons. The summed E-state index contributed by atoms with van der Waals surface area (Å²) >= 11 is 0. The van der Waals surface area contributed by atoms with Crippen molar-refractivity contribution in [3.8, 4) is 0 Å². The number of H-pyrrole nitrogens is 1. The molecule has 11 heteroatoms. The van der Waals surface area contributed by atoms with E-state index in [2.05, 4.69) is 66.6 Å². The highest BCUT2D eigenvalue weighted by Gasteiger charge is 2.34. The zero-order valence-electron chi connectivity index (χ0n) is 21.7. The highest BCUT2D eigenvalue weighted by atomic mass is 16.2. The lowest BCUT2D eigenvalue weighted by molar-refractivity contribution is -0.131. The monoisotopic (exact) mass is 522 g/mol. The van der Waals surface area contributed by atoms with E-state index in [9.17, 15) is 4.79 Å². The summed E-state index contributed by atoms with van der Waals surface area (Å²) in [7, 11) is 0. The standard InChI is InChI=1S/C28H30N10O/c1-20(39)35-12-14-36(15-13-35)25(21-8-4-2-5-9-21)26(22-10-6-3-7-11-22)38-17-23(33-34-38)16-37-19-32-27(29)24-28(37)31-18-30-24/h2-11,17-19,25-26,29H,12-16H2,1H3,(H,30,31). The molecular formula is C28H30N10O. The lowest BCUT2D eigenvalue weighted by Gasteiger charge is -2.42. The van der Waals surface area contributed by atoms with Gasteiger partial charge in [0.15, 0.2) is 11.1 Å². The van der Waals surface area contributed by atoms with Crippen LogP contribution in [0.4, 0.5) is 0 Å². The van der Waals surface area contributed by atoms with Crippen molar-refractivity contribution < 1.29 is 4.79 Å². The Bertz CT molecular complexity index is 1620. The van der Waals surface area contributed by atoms with Gasteiger partial charge in [-0.05, 0) is 11.1 Å². The van der Waals surface area contributed by atoms with Crippen LogP contribution in [0.1, 0.15) is 35.8 Å². The van der Waals surface area contributed by atoms with E-state index in [0.717, 1.165) is 24.3 Å². The molecule has 1 amide bonds. The molecule has 4 heterocycles. The van der Waals surface area contributed by atoms with Gasteiger partial charge in [0.25, 0.3) is 0 Å². The molecule has 1 saturated heterocycles. The van der Waals surface area contributed by atoms with Crippen molar-refractivity contribution in [3.63, 3.8) is 0 Å². The molecule has 2 unspecified atom stereocenters.